The predicted octanol–water partition coefficient (Wildman–Crippen LogP) is 6.06. The number of aromatic nitrogens is 1. The number of ether oxygens (including phenoxy) is 1. The number of aryl methyl sites for hydroxylation is 1. The van der Waals surface area contributed by atoms with Crippen molar-refractivity contribution in [2.75, 3.05) is 0 Å². The second-order valence-electron chi connectivity index (χ2n) is 6.59. The van der Waals surface area contributed by atoms with Gasteiger partial charge >= 0.3 is 12.4 Å². The molecule has 2 nitrogen and oxygen atoms in total. The van der Waals surface area contributed by atoms with Crippen molar-refractivity contribution < 1.29 is 31.1 Å². The average Bonchev–Trinajstić information content (AvgIpc) is 2.53. The van der Waals surface area contributed by atoms with E-state index in [0.717, 1.165) is 0 Å². The molecule has 1 saturated carbocycles. The van der Waals surface area contributed by atoms with Crippen LogP contribution in [0.4, 0.5) is 26.3 Å². The minimum absolute atomic E-state index is 0.0751. The van der Waals surface area contributed by atoms with E-state index >= 15 is 0 Å². The summed E-state index contributed by atoms with van der Waals surface area (Å²) in [5.41, 5.74) is -0.143. The molecule has 0 bridgehead atoms. The highest BCUT2D eigenvalue weighted by molar-refractivity contribution is 5.85. The first-order valence-corrected chi connectivity index (χ1v) is 8.26. The number of alkyl halides is 6. The van der Waals surface area contributed by atoms with Gasteiger partial charge < -0.3 is 4.74 Å². The van der Waals surface area contributed by atoms with Crippen molar-refractivity contribution in [3.05, 3.63) is 35.5 Å². The van der Waals surface area contributed by atoms with Crippen LogP contribution in [0, 0.1) is 12.8 Å². The van der Waals surface area contributed by atoms with Gasteiger partial charge in [0.2, 0.25) is 0 Å². The molecule has 0 aliphatic heterocycles. The second-order valence-corrected chi connectivity index (χ2v) is 6.59. The maximum absolute atomic E-state index is 13.6. The van der Waals surface area contributed by atoms with Gasteiger partial charge in [-0.3, -0.25) is 4.98 Å². The first-order chi connectivity index (χ1) is 12.1. The van der Waals surface area contributed by atoms with Gasteiger partial charge in [-0.2, -0.15) is 26.3 Å². The molecule has 0 unspecified atom stereocenters. The van der Waals surface area contributed by atoms with E-state index in [2.05, 4.69) is 4.98 Å². The van der Waals surface area contributed by atoms with E-state index in [1.165, 1.54) is 24.3 Å². The third kappa shape index (κ3) is 3.88. The fourth-order valence-electron chi connectivity index (χ4n) is 3.36. The summed E-state index contributed by atoms with van der Waals surface area (Å²) in [5.74, 6) is -1.76. The summed E-state index contributed by atoms with van der Waals surface area (Å²) in [4.78, 5) is 4.09. The summed E-state index contributed by atoms with van der Waals surface area (Å²) >= 11 is 0. The van der Waals surface area contributed by atoms with Crippen LogP contribution in [0.5, 0.6) is 5.75 Å². The molecule has 0 saturated heterocycles. The fourth-order valence-corrected chi connectivity index (χ4v) is 3.36. The Kier molecular flexibility index (Phi) is 4.79. The second kappa shape index (κ2) is 6.63. The Bertz CT molecular complexity index is 791. The number of pyridine rings is 1. The van der Waals surface area contributed by atoms with Crippen LogP contribution in [0.2, 0.25) is 0 Å². The van der Waals surface area contributed by atoms with Crippen LogP contribution < -0.4 is 4.74 Å². The quantitative estimate of drug-likeness (QED) is 0.594. The van der Waals surface area contributed by atoms with Gasteiger partial charge in [-0.15, -0.1) is 0 Å². The Balaban J connectivity index is 1.88. The number of fused-ring (bicyclic) bond motifs is 1. The first kappa shape index (κ1) is 18.8. The van der Waals surface area contributed by atoms with Crippen molar-refractivity contribution >= 4 is 10.9 Å². The van der Waals surface area contributed by atoms with Gasteiger partial charge in [-0.25, -0.2) is 0 Å². The highest BCUT2D eigenvalue weighted by Crippen LogP contribution is 2.43. The van der Waals surface area contributed by atoms with E-state index in [1.807, 2.05) is 0 Å². The third-order valence-electron chi connectivity index (χ3n) is 4.69. The number of hydrogen-bond acceptors (Lipinski definition) is 2. The minimum atomic E-state index is -4.66. The molecule has 26 heavy (non-hydrogen) atoms. The van der Waals surface area contributed by atoms with Crippen molar-refractivity contribution in [2.24, 2.45) is 5.92 Å². The van der Waals surface area contributed by atoms with Crippen LogP contribution in [-0.4, -0.2) is 17.3 Å². The van der Waals surface area contributed by atoms with Crippen molar-refractivity contribution in [3.63, 3.8) is 0 Å². The lowest BCUT2D eigenvalue weighted by atomic mass is 9.87. The van der Waals surface area contributed by atoms with Crippen LogP contribution in [0.15, 0.2) is 24.3 Å². The van der Waals surface area contributed by atoms with Crippen LogP contribution in [-0.2, 0) is 6.18 Å². The molecular formula is C18H17F6NO. The van der Waals surface area contributed by atoms with Crippen LogP contribution >= 0.6 is 0 Å². The van der Waals surface area contributed by atoms with Crippen LogP contribution in [0.25, 0.3) is 10.9 Å². The van der Waals surface area contributed by atoms with Gasteiger partial charge in [0.05, 0.1) is 17.5 Å². The molecule has 142 valence electrons. The molecule has 0 atom stereocenters. The molecular weight excluding hydrogens is 360 g/mol. The summed E-state index contributed by atoms with van der Waals surface area (Å²) in [7, 11) is 0. The normalized spacial score (nSPS) is 21.8. The fraction of sp³-hybridized carbons (Fsp3) is 0.500. The van der Waals surface area contributed by atoms with E-state index in [-0.39, 0.29) is 42.3 Å². The Labute approximate surface area is 146 Å². The van der Waals surface area contributed by atoms with E-state index in [1.54, 1.807) is 6.92 Å². The van der Waals surface area contributed by atoms with Crippen LogP contribution in [0.1, 0.15) is 36.9 Å². The van der Waals surface area contributed by atoms with Crippen LogP contribution in [0.3, 0.4) is 0 Å². The van der Waals surface area contributed by atoms with E-state index in [9.17, 15) is 26.3 Å². The SMILES string of the molecule is Cc1ccc2c(C(F)(F)F)c(OC3CCC(C(F)(F)F)CC3)ccc2n1. The molecule has 1 aliphatic rings. The van der Waals surface area contributed by atoms with E-state index < -0.39 is 29.9 Å². The topological polar surface area (TPSA) is 22.1 Å². The van der Waals surface area contributed by atoms with Gasteiger partial charge in [0.15, 0.2) is 0 Å². The lowest BCUT2D eigenvalue weighted by Crippen LogP contribution is -2.32. The Morgan fingerprint density at radius 2 is 1.58 bits per heavy atom. The molecule has 0 N–H and O–H groups in total. The molecule has 0 amide bonds. The molecule has 1 heterocycles. The van der Waals surface area contributed by atoms with Crippen molar-refractivity contribution in [1.29, 1.82) is 0 Å². The number of halogens is 6. The first-order valence-electron chi connectivity index (χ1n) is 8.26. The standard InChI is InChI=1S/C18H17F6NO/c1-10-2-7-13-14(25-10)8-9-15(16(13)18(22,23)24)26-12-5-3-11(4-6-12)17(19,20)21/h2,7-9,11-12H,3-6H2,1H3. The van der Waals surface area contributed by atoms with E-state index in [0.29, 0.717) is 5.69 Å². The van der Waals surface area contributed by atoms with Crippen molar-refractivity contribution in [3.8, 4) is 5.75 Å². The molecule has 8 heteroatoms. The molecule has 1 aromatic heterocycles. The number of nitrogens with zero attached hydrogens (tertiary/aromatic N) is 1. The predicted molar refractivity (Wildman–Crippen MR) is 83.9 cm³/mol. The lowest BCUT2D eigenvalue weighted by Gasteiger charge is -2.31. The smallest absolute Gasteiger partial charge is 0.420 e. The number of rotatable bonds is 2. The van der Waals surface area contributed by atoms with Gasteiger partial charge in [0.25, 0.3) is 0 Å². The number of hydrogen-bond donors (Lipinski definition) is 0. The Morgan fingerprint density at radius 1 is 0.923 bits per heavy atom. The zero-order valence-corrected chi connectivity index (χ0v) is 13.9. The molecule has 0 spiro atoms. The molecule has 1 fully saturated rings. The lowest BCUT2D eigenvalue weighted by molar-refractivity contribution is -0.185. The Hall–Kier alpha value is -1.99. The summed E-state index contributed by atoms with van der Waals surface area (Å²) in [6.07, 6.45) is -9.71. The average molecular weight is 377 g/mol. The maximum Gasteiger partial charge on any atom is 0.420 e. The summed E-state index contributed by atoms with van der Waals surface area (Å²) in [5, 5.41) is -0.0791. The zero-order valence-electron chi connectivity index (χ0n) is 13.9. The summed E-state index contributed by atoms with van der Waals surface area (Å²) in [6, 6.07) is 5.46. The minimum Gasteiger partial charge on any atom is -0.490 e. The molecule has 2 aromatic rings. The van der Waals surface area contributed by atoms with Gasteiger partial charge in [0, 0.05) is 11.1 Å². The van der Waals surface area contributed by atoms with Gasteiger partial charge in [0.1, 0.15) is 11.3 Å². The van der Waals surface area contributed by atoms with Gasteiger partial charge in [-0.05, 0) is 50.8 Å². The zero-order chi connectivity index (χ0) is 19.1. The largest absolute Gasteiger partial charge is 0.490 e. The van der Waals surface area contributed by atoms with Crippen molar-refractivity contribution in [1.82, 2.24) is 4.98 Å². The number of benzene rings is 1. The Morgan fingerprint density at radius 3 is 2.15 bits per heavy atom. The summed E-state index contributed by atoms with van der Waals surface area (Å²) < 4.78 is 84.5. The maximum atomic E-state index is 13.6. The van der Waals surface area contributed by atoms with Gasteiger partial charge in [-0.1, -0.05) is 6.07 Å². The highest BCUT2D eigenvalue weighted by atomic mass is 19.4. The summed E-state index contributed by atoms with van der Waals surface area (Å²) in [6.45, 7) is 1.68. The third-order valence-corrected chi connectivity index (χ3v) is 4.69. The van der Waals surface area contributed by atoms with E-state index in [4.69, 9.17) is 4.74 Å². The monoisotopic (exact) mass is 377 g/mol. The highest BCUT2D eigenvalue weighted by Gasteiger charge is 2.42. The molecule has 1 aliphatic carbocycles. The molecule has 1 aromatic carbocycles. The molecule has 3 rings (SSSR count). The van der Waals surface area contributed by atoms with Crippen molar-refractivity contribution in [2.45, 2.75) is 51.1 Å². The molecule has 0 radical (unpaired) electrons.